The van der Waals surface area contributed by atoms with Crippen LogP contribution < -0.4 is 0 Å². The molecule has 0 fully saturated rings. The molecule has 18 heavy (non-hydrogen) atoms. The number of rotatable bonds is 3. The van der Waals surface area contributed by atoms with Crippen molar-refractivity contribution in [2.45, 2.75) is 19.6 Å². The standard InChI is InChI=1S/C13H12OS3.Na/c1-17(14)11-7-8-12(15)13(9-11)16-10-5-3-2-4-6-10;/h2-9,15H,1H3;. The minimum absolute atomic E-state index is 0. The van der Waals surface area contributed by atoms with Gasteiger partial charge >= 0.3 is 0 Å². The molecule has 2 aromatic rings. The summed E-state index contributed by atoms with van der Waals surface area (Å²) in [6.07, 6.45) is 1.69. The molecule has 89 valence electrons. The van der Waals surface area contributed by atoms with Crippen molar-refractivity contribution in [3.63, 3.8) is 0 Å². The molecule has 0 bridgehead atoms. The molecule has 1 radical (unpaired) electrons. The smallest absolute Gasteiger partial charge is 0.0498 e. The molecule has 0 aliphatic rings. The fourth-order valence-electron chi connectivity index (χ4n) is 1.37. The van der Waals surface area contributed by atoms with Crippen molar-refractivity contribution >= 4 is 64.7 Å². The van der Waals surface area contributed by atoms with Crippen LogP contribution in [0.3, 0.4) is 0 Å². The average Bonchev–Trinajstić information content (AvgIpc) is 2.33. The minimum atomic E-state index is -0.953. The van der Waals surface area contributed by atoms with Gasteiger partial charge in [-0.15, -0.1) is 12.6 Å². The van der Waals surface area contributed by atoms with Gasteiger partial charge in [-0.1, -0.05) is 30.0 Å². The van der Waals surface area contributed by atoms with Gasteiger partial charge in [0.15, 0.2) is 0 Å². The van der Waals surface area contributed by atoms with Crippen LogP contribution in [0.25, 0.3) is 0 Å². The zero-order valence-electron chi connectivity index (χ0n) is 10.3. The summed E-state index contributed by atoms with van der Waals surface area (Å²) in [5.74, 6) is 0. The van der Waals surface area contributed by atoms with E-state index in [1.54, 1.807) is 18.0 Å². The molecule has 1 unspecified atom stereocenters. The van der Waals surface area contributed by atoms with Crippen molar-refractivity contribution in [2.75, 3.05) is 6.26 Å². The molecule has 2 aromatic carbocycles. The average molecular weight is 303 g/mol. The van der Waals surface area contributed by atoms with Crippen LogP contribution in [-0.4, -0.2) is 40.0 Å². The van der Waals surface area contributed by atoms with Crippen molar-refractivity contribution in [1.29, 1.82) is 0 Å². The Bertz CT molecular complexity index is 543. The van der Waals surface area contributed by atoms with E-state index >= 15 is 0 Å². The Labute approximate surface area is 142 Å². The first kappa shape index (κ1) is 16.3. The van der Waals surface area contributed by atoms with Crippen molar-refractivity contribution in [1.82, 2.24) is 0 Å². The van der Waals surface area contributed by atoms with Gasteiger partial charge in [0.05, 0.1) is 0 Å². The number of hydrogen-bond donors (Lipinski definition) is 1. The van der Waals surface area contributed by atoms with E-state index in [1.165, 1.54) is 0 Å². The predicted octanol–water partition coefficient (Wildman–Crippen LogP) is 3.48. The second-order valence-electron chi connectivity index (χ2n) is 3.50. The van der Waals surface area contributed by atoms with Crippen LogP contribution in [0.5, 0.6) is 0 Å². The maximum absolute atomic E-state index is 11.4. The van der Waals surface area contributed by atoms with E-state index in [4.69, 9.17) is 0 Å². The van der Waals surface area contributed by atoms with Gasteiger partial charge in [-0.05, 0) is 30.3 Å². The summed E-state index contributed by atoms with van der Waals surface area (Å²) in [5.41, 5.74) is 0. The molecule has 1 atom stereocenters. The van der Waals surface area contributed by atoms with E-state index in [0.717, 1.165) is 19.6 Å². The maximum Gasteiger partial charge on any atom is 0.0498 e. The van der Waals surface area contributed by atoms with Crippen LogP contribution in [0.15, 0.2) is 68.1 Å². The Kier molecular flexibility index (Phi) is 7.06. The number of hydrogen-bond acceptors (Lipinski definition) is 3. The maximum atomic E-state index is 11.4. The van der Waals surface area contributed by atoms with Gasteiger partial charge in [0.25, 0.3) is 0 Å². The Balaban J connectivity index is 0.00000162. The van der Waals surface area contributed by atoms with Gasteiger partial charge < -0.3 is 0 Å². The molecule has 0 amide bonds. The monoisotopic (exact) mass is 303 g/mol. The topological polar surface area (TPSA) is 17.1 Å². The summed E-state index contributed by atoms with van der Waals surface area (Å²) < 4.78 is 11.4. The minimum Gasteiger partial charge on any atom is -0.255 e. The van der Waals surface area contributed by atoms with Crippen LogP contribution in [0.1, 0.15) is 0 Å². The van der Waals surface area contributed by atoms with Crippen molar-refractivity contribution in [3.05, 3.63) is 48.5 Å². The molecule has 0 saturated carbocycles. The Morgan fingerprint density at radius 3 is 2.39 bits per heavy atom. The number of thiol groups is 1. The molecule has 5 heteroatoms. The van der Waals surface area contributed by atoms with E-state index in [1.807, 2.05) is 48.5 Å². The van der Waals surface area contributed by atoms with E-state index in [-0.39, 0.29) is 29.6 Å². The molecular weight excluding hydrogens is 291 g/mol. The molecule has 0 aliphatic heterocycles. The largest absolute Gasteiger partial charge is 0.255 e. The Morgan fingerprint density at radius 2 is 1.78 bits per heavy atom. The SMILES string of the molecule is CS(=O)c1ccc(S)c(Sc2ccccc2)c1.[Na]. The molecule has 1 nitrogen and oxygen atoms in total. The fraction of sp³-hybridized carbons (Fsp3) is 0.0769. The molecular formula is C13H12NaOS3. The van der Waals surface area contributed by atoms with Gasteiger partial charge in [0.2, 0.25) is 0 Å². The van der Waals surface area contributed by atoms with Crippen molar-refractivity contribution in [2.24, 2.45) is 0 Å². The van der Waals surface area contributed by atoms with Gasteiger partial charge in [-0.25, -0.2) is 0 Å². The zero-order chi connectivity index (χ0) is 12.3. The van der Waals surface area contributed by atoms with Crippen LogP contribution in [0.2, 0.25) is 0 Å². The molecule has 0 aliphatic carbocycles. The van der Waals surface area contributed by atoms with Crippen LogP contribution in [0.4, 0.5) is 0 Å². The first-order valence-electron chi connectivity index (χ1n) is 5.06. The van der Waals surface area contributed by atoms with E-state index in [2.05, 4.69) is 12.6 Å². The van der Waals surface area contributed by atoms with Gasteiger partial charge in [0.1, 0.15) is 0 Å². The second kappa shape index (κ2) is 7.78. The predicted molar refractivity (Wildman–Crippen MR) is 82.3 cm³/mol. The summed E-state index contributed by atoms with van der Waals surface area (Å²) in [5, 5.41) is 0. The quantitative estimate of drug-likeness (QED) is 0.690. The molecule has 2 rings (SSSR count). The van der Waals surface area contributed by atoms with Gasteiger partial charge in [-0.2, -0.15) is 0 Å². The summed E-state index contributed by atoms with van der Waals surface area (Å²) in [6.45, 7) is 0. The first-order valence-corrected chi connectivity index (χ1v) is 7.88. The molecule has 0 aromatic heterocycles. The van der Waals surface area contributed by atoms with Crippen molar-refractivity contribution < 1.29 is 4.21 Å². The summed E-state index contributed by atoms with van der Waals surface area (Å²) in [7, 11) is -0.953. The molecule has 0 spiro atoms. The second-order valence-corrected chi connectivity index (χ2v) is 6.48. The van der Waals surface area contributed by atoms with E-state index in [9.17, 15) is 4.21 Å². The first-order chi connectivity index (χ1) is 8.16. The Hall–Kier alpha value is 0.290. The van der Waals surface area contributed by atoms with Crippen LogP contribution >= 0.6 is 24.4 Å². The van der Waals surface area contributed by atoms with Crippen LogP contribution in [-0.2, 0) is 10.8 Å². The Morgan fingerprint density at radius 1 is 1.11 bits per heavy atom. The molecule has 0 N–H and O–H groups in total. The third kappa shape index (κ3) is 4.44. The zero-order valence-corrected chi connectivity index (χ0v) is 14.8. The van der Waals surface area contributed by atoms with Gasteiger partial charge in [-0.3, -0.25) is 4.21 Å². The third-order valence-electron chi connectivity index (χ3n) is 2.23. The fourth-order valence-corrected chi connectivity index (χ4v) is 3.17. The summed E-state index contributed by atoms with van der Waals surface area (Å²) >= 11 is 6.06. The van der Waals surface area contributed by atoms with Gasteiger partial charge in [0, 0.05) is 66.2 Å². The molecule has 0 saturated heterocycles. The van der Waals surface area contributed by atoms with Crippen LogP contribution in [0, 0.1) is 0 Å². The van der Waals surface area contributed by atoms with Crippen molar-refractivity contribution in [3.8, 4) is 0 Å². The van der Waals surface area contributed by atoms with E-state index in [0.29, 0.717) is 0 Å². The normalized spacial score (nSPS) is 11.7. The summed E-state index contributed by atoms with van der Waals surface area (Å²) in [4.78, 5) is 3.93. The van der Waals surface area contributed by atoms with E-state index < -0.39 is 10.8 Å². The molecule has 0 heterocycles. The third-order valence-corrected chi connectivity index (χ3v) is 4.76. The number of benzene rings is 2. The summed E-state index contributed by atoms with van der Waals surface area (Å²) in [6, 6.07) is 15.8.